The molecule has 3 fully saturated rings. The molecule has 25 heavy (non-hydrogen) atoms. The number of ketones is 1. The summed E-state index contributed by atoms with van der Waals surface area (Å²) >= 11 is 0. The first-order valence-corrected chi connectivity index (χ1v) is 9.85. The molecule has 0 amide bonds. The van der Waals surface area contributed by atoms with Crippen molar-refractivity contribution >= 4 is 11.8 Å². The number of carbonyl (C=O) groups excluding carboxylic acids is 2. The zero-order chi connectivity index (χ0) is 18.0. The normalized spacial score (nSPS) is 48.9. The highest BCUT2D eigenvalue weighted by atomic mass is 16.5. The monoisotopic (exact) mass is 346 g/mol. The van der Waals surface area contributed by atoms with Gasteiger partial charge in [0, 0.05) is 25.7 Å². The Balaban J connectivity index is 1.76. The largest absolute Gasteiger partial charge is 0.462 e. The van der Waals surface area contributed by atoms with E-state index < -0.39 is 0 Å². The molecule has 0 heterocycles. The van der Waals surface area contributed by atoms with Crippen LogP contribution in [0.1, 0.15) is 65.7 Å². The first-order valence-electron chi connectivity index (χ1n) is 9.85. The second-order valence-electron chi connectivity index (χ2n) is 9.33. The number of carbonyl (C=O) groups is 2. The lowest BCUT2D eigenvalue weighted by Gasteiger charge is -2.59. The molecular weight excluding hydrogens is 316 g/mol. The summed E-state index contributed by atoms with van der Waals surface area (Å²) in [6.45, 7) is 6.03. The van der Waals surface area contributed by atoms with Crippen molar-refractivity contribution < 1.29 is 19.4 Å². The van der Waals surface area contributed by atoms with E-state index in [-0.39, 0.29) is 34.8 Å². The molecule has 0 aromatic heterocycles. The molecule has 0 unspecified atom stereocenters. The zero-order valence-corrected chi connectivity index (χ0v) is 15.6. The third kappa shape index (κ3) is 2.43. The molecule has 0 aromatic carbocycles. The highest BCUT2D eigenvalue weighted by Crippen LogP contribution is 2.65. The summed E-state index contributed by atoms with van der Waals surface area (Å²) in [5.41, 5.74) is 1.18. The van der Waals surface area contributed by atoms with Crippen molar-refractivity contribution in [3.63, 3.8) is 0 Å². The first-order chi connectivity index (χ1) is 11.8. The molecule has 0 spiro atoms. The Morgan fingerprint density at radius 1 is 1.20 bits per heavy atom. The van der Waals surface area contributed by atoms with Crippen molar-refractivity contribution in [1.29, 1.82) is 0 Å². The van der Waals surface area contributed by atoms with Gasteiger partial charge in [0.15, 0.2) is 5.78 Å². The molecule has 4 nitrogen and oxygen atoms in total. The summed E-state index contributed by atoms with van der Waals surface area (Å²) < 4.78 is 5.81. The van der Waals surface area contributed by atoms with E-state index in [4.69, 9.17) is 4.74 Å². The van der Waals surface area contributed by atoms with E-state index >= 15 is 0 Å². The summed E-state index contributed by atoms with van der Waals surface area (Å²) in [5, 5.41) is 10.6. The van der Waals surface area contributed by atoms with Crippen LogP contribution in [0.25, 0.3) is 0 Å². The van der Waals surface area contributed by atoms with E-state index in [9.17, 15) is 14.7 Å². The molecule has 0 aromatic rings. The van der Waals surface area contributed by atoms with Gasteiger partial charge in [-0.15, -0.1) is 0 Å². The van der Waals surface area contributed by atoms with Crippen molar-refractivity contribution in [3.05, 3.63) is 11.6 Å². The molecular formula is C21H30O4. The van der Waals surface area contributed by atoms with Gasteiger partial charge in [-0.1, -0.05) is 19.4 Å². The van der Waals surface area contributed by atoms with Gasteiger partial charge >= 0.3 is 5.97 Å². The van der Waals surface area contributed by atoms with Gasteiger partial charge in [0.05, 0.1) is 6.10 Å². The molecule has 4 rings (SSSR count). The third-order valence-corrected chi connectivity index (χ3v) is 8.23. The average molecular weight is 346 g/mol. The Bertz CT molecular complexity index is 638. The molecule has 3 saturated carbocycles. The van der Waals surface area contributed by atoms with Crippen molar-refractivity contribution in [2.75, 3.05) is 0 Å². The van der Waals surface area contributed by atoms with Gasteiger partial charge in [-0.25, -0.2) is 0 Å². The summed E-state index contributed by atoms with van der Waals surface area (Å²) in [4.78, 5) is 23.8. The zero-order valence-electron chi connectivity index (χ0n) is 15.6. The van der Waals surface area contributed by atoms with Gasteiger partial charge < -0.3 is 9.84 Å². The molecule has 138 valence electrons. The van der Waals surface area contributed by atoms with E-state index in [0.29, 0.717) is 30.6 Å². The lowest BCUT2D eigenvalue weighted by Crippen LogP contribution is -2.56. The number of fused-ring (bicyclic) bond motifs is 5. The predicted molar refractivity (Wildman–Crippen MR) is 93.7 cm³/mol. The smallest absolute Gasteiger partial charge is 0.302 e. The van der Waals surface area contributed by atoms with Crippen molar-refractivity contribution in [2.24, 2.45) is 28.6 Å². The SMILES string of the molecule is CC(=O)O[C@@H]1CC2=CC(=O)CC[C@]2(C)[C@H]2CC[C@]3(C)[C@@H](O)CC[C@H]3[C@H]12. The minimum absolute atomic E-state index is 0.0457. The second kappa shape index (κ2) is 5.67. The van der Waals surface area contributed by atoms with E-state index in [0.717, 1.165) is 32.1 Å². The minimum Gasteiger partial charge on any atom is -0.462 e. The van der Waals surface area contributed by atoms with Crippen LogP contribution in [0.4, 0.5) is 0 Å². The Morgan fingerprint density at radius 2 is 1.96 bits per heavy atom. The maximum absolute atomic E-state index is 12.0. The Hall–Kier alpha value is -1.16. The average Bonchev–Trinajstić information content (AvgIpc) is 2.84. The Morgan fingerprint density at radius 3 is 2.68 bits per heavy atom. The number of esters is 1. The van der Waals surface area contributed by atoms with Crippen LogP contribution in [0.5, 0.6) is 0 Å². The summed E-state index contributed by atoms with van der Waals surface area (Å²) in [7, 11) is 0. The molecule has 0 saturated heterocycles. The van der Waals surface area contributed by atoms with Crippen LogP contribution in [0.15, 0.2) is 11.6 Å². The van der Waals surface area contributed by atoms with Gasteiger partial charge in [0.2, 0.25) is 0 Å². The van der Waals surface area contributed by atoms with Crippen LogP contribution in [0.2, 0.25) is 0 Å². The minimum atomic E-state index is -0.242. The van der Waals surface area contributed by atoms with E-state index in [1.54, 1.807) is 0 Å². The van der Waals surface area contributed by atoms with Crippen molar-refractivity contribution in [2.45, 2.75) is 77.9 Å². The maximum atomic E-state index is 12.0. The summed E-state index contributed by atoms with van der Waals surface area (Å²) in [6.07, 6.45) is 7.64. The topological polar surface area (TPSA) is 63.6 Å². The summed E-state index contributed by atoms with van der Waals surface area (Å²) in [5.74, 6) is 1.12. The molecule has 7 atom stereocenters. The number of aliphatic hydroxyl groups is 1. The fraction of sp³-hybridized carbons (Fsp3) is 0.810. The maximum Gasteiger partial charge on any atom is 0.302 e. The van der Waals surface area contributed by atoms with Gasteiger partial charge in [-0.3, -0.25) is 9.59 Å². The van der Waals surface area contributed by atoms with Crippen LogP contribution >= 0.6 is 0 Å². The highest BCUT2D eigenvalue weighted by molar-refractivity contribution is 5.91. The molecule has 0 bridgehead atoms. The first kappa shape index (κ1) is 17.3. The Kier molecular flexibility index (Phi) is 3.91. The molecule has 0 radical (unpaired) electrons. The van der Waals surface area contributed by atoms with E-state index in [1.807, 2.05) is 6.08 Å². The fourth-order valence-corrected chi connectivity index (χ4v) is 6.81. The fourth-order valence-electron chi connectivity index (χ4n) is 6.81. The van der Waals surface area contributed by atoms with Crippen molar-refractivity contribution in [3.8, 4) is 0 Å². The van der Waals surface area contributed by atoms with Crippen molar-refractivity contribution in [1.82, 2.24) is 0 Å². The highest BCUT2D eigenvalue weighted by Gasteiger charge is 2.62. The van der Waals surface area contributed by atoms with Gasteiger partial charge in [0.25, 0.3) is 0 Å². The molecule has 4 heteroatoms. The second-order valence-corrected chi connectivity index (χ2v) is 9.33. The van der Waals surface area contributed by atoms with Crippen LogP contribution in [0.3, 0.4) is 0 Å². The molecule has 4 aliphatic carbocycles. The van der Waals surface area contributed by atoms with Gasteiger partial charge in [0.1, 0.15) is 6.10 Å². The summed E-state index contributed by atoms with van der Waals surface area (Å²) in [6, 6.07) is 0. The molecule has 4 aliphatic rings. The van der Waals surface area contributed by atoms with E-state index in [1.165, 1.54) is 12.5 Å². The third-order valence-electron chi connectivity index (χ3n) is 8.23. The number of rotatable bonds is 1. The number of hydrogen-bond acceptors (Lipinski definition) is 4. The lowest BCUT2D eigenvalue weighted by atomic mass is 9.46. The number of ether oxygens (including phenoxy) is 1. The predicted octanol–water partition coefficient (Wildman–Crippen LogP) is 3.42. The standard InChI is InChI=1S/C21H30O4/c1-12(22)25-17-11-13-10-14(23)6-8-20(13,2)16-7-9-21(3)15(19(16)17)4-5-18(21)24/h10,15-19,24H,4-9,11H2,1-3H3/t15-,16-,17+,18-,19-,20-,21-/m0/s1. The van der Waals surface area contributed by atoms with Crippen LogP contribution < -0.4 is 0 Å². The van der Waals surface area contributed by atoms with Crippen LogP contribution in [-0.4, -0.2) is 29.1 Å². The lowest BCUT2D eigenvalue weighted by molar-refractivity contribution is -0.167. The number of aliphatic hydroxyl groups excluding tert-OH is 1. The molecule has 0 aliphatic heterocycles. The Labute approximate surface area is 150 Å². The van der Waals surface area contributed by atoms with Crippen LogP contribution in [0, 0.1) is 28.6 Å². The number of hydrogen-bond donors (Lipinski definition) is 1. The van der Waals surface area contributed by atoms with Gasteiger partial charge in [-0.05, 0) is 60.8 Å². The van der Waals surface area contributed by atoms with Gasteiger partial charge in [-0.2, -0.15) is 0 Å². The quantitative estimate of drug-likeness (QED) is 0.739. The van der Waals surface area contributed by atoms with E-state index in [2.05, 4.69) is 13.8 Å². The molecule has 1 N–H and O–H groups in total. The van der Waals surface area contributed by atoms with Crippen LogP contribution in [-0.2, 0) is 14.3 Å².